The van der Waals surface area contributed by atoms with E-state index in [4.69, 9.17) is 4.74 Å². The number of rotatable bonds is 5. The van der Waals surface area contributed by atoms with E-state index < -0.39 is 0 Å². The third-order valence-electron chi connectivity index (χ3n) is 4.30. The number of piperazine rings is 1. The van der Waals surface area contributed by atoms with E-state index >= 15 is 0 Å². The molecular formula is C15H29N3O2. The Bertz CT molecular complexity index is 305. The number of hydrogen-bond acceptors (Lipinski definition) is 4. The van der Waals surface area contributed by atoms with Crippen molar-refractivity contribution in [3.05, 3.63) is 0 Å². The maximum absolute atomic E-state index is 12.5. The summed E-state index contributed by atoms with van der Waals surface area (Å²) in [4.78, 5) is 16.8. The Kier molecular flexibility index (Phi) is 6.26. The molecule has 2 fully saturated rings. The smallest absolute Gasteiger partial charge is 0.239 e. The Hall–Kier alpha value is -0.650. The van der Waals surface area contributed by atoms with E-state index in [1.165, 1.54) is 0 Å². The number of ether oxygens (including phenoxy) is 1. The first-order valence-electron chi connectivity index (χ1n) is 8.07. The molecule has 0 aromatic carbocycles. The first kappa shape index (κ1) is 15.7. The van der Waals surface area contributed by atoms with Gasteiger partial charge in [0.15, 0.2) is 0 Å². The Morgan fingerprint density at radius 3 is 2.80 bits per heavy atom. The molecule has 0 spiro atoms. The van der Waals surface area contributed by atoms with Crippen LogP contribution in [0.3, 0.4) is 0 Å². The molecule has 1 N–H and O–H groups in total. The quantitative estimate of drug-likeness (QED) is 0.807. The third kappa shape index (κ3) is 4.17. The second-order valence-corrected chi connectivity index (χ2v) is 5.88. The zero-order valence-electron chi connectivity index (χ0n) is 12.9. The number of likely N-dealkylation sites (tertiary alicyclic amines) is 1. The summed E-state index contributed by atoms with van der Waals surface area (Å²) >= 11 is 0. The molecule has 5 heteroatoms. The molecule has 0 aromatic heterocycles. The molecule has 2 aliphatic heterocycles. The van der Waals surface area contributed by atoms with E-state index in [1.807, 2.05) is 11.8 Å². The Balaban J connectivity index is 1.83. The lowest BCUT2D eigenvalue weighted by atomic mass is 10.1. The van der Waals surface area contributed by atoms with Crippen LogP contribution in [0.25, 0.3) is 0 Å². The molecule has 0 saturated carbocycles. The van der Waals surface area contributed by atoms with E-state index in [9.17, 15) is 4.79 Å². The highest BCUT2D eigenvalue weighted by Crippen LogP contribution is 2.17. The van der Waals surface area contributed by atoms with Gasteiger partial charge in [-0.2, -0.15) is 0 Å². The van der Waals surface area contributed by atoms with Gasteiger partial charge in [-0.25, -0.2) is 0 Å². The van der Waals surface area contributed by atoms with Gasteiger partial charge in [0.2, 0.25) is 5.91 Å². The minimum absolute atomic E-state index is 0.0128. The fourth-order valence-corrected chi connectivity index (χ4v) is 3.04. The van der Waals surface area contributed by atoms with Crippen molar-refractivity contribution in [2.75, 3.05) is 45.9 Å². The second-order valence-electron chi connectivity index (χ2n) is 5.88. The van der Waals surface area contributed by atoms with Crippen LogP contribution in [0, 0.1) is 0 Å². The van der Waals surface area contributed by atoms with Crippen molar-refractivity contribution < 1.29 is 9.53 Å². The number of hydrogen-bond donors (Lipinski definition) is 1. The Morgan fingerprint density at radius 1 is 1.35 bits per heavy atom. The minimum Gasteiger partial charge on any atom is -0.377 e. The second kappa shape index (κ2) is 7.96. The van der Waals surface area contributed by atoms with Crippen LogP contribution in [-0.2, 0) is 9.53 Å². The van der Waals surface area contributed by atoms with Crippen LogP contribution in [0.5, 0.6) is 0 Å². The summed E-state index contributed by atoms with van der Waals surface area (Å²) in [5, 5.41) is 3.29. The van der Waals surface area contributed by atoms with E-state index in [2.05, 4.69) is 17.1 Å². The van der Waals surface area contributed by atoms with E-state index in [0.29, 0.717) is 6.10 Å². The lowest BCUT2D eigenvalue weighted by molar-refractivity contribution is -0.138. The first-order valence-corrected chi connectivity index (χ1v) is 8.07. The van der Waals surface area contributed by atoms with Crippen molar-refractivity contribution in [3.8, 4) is 0 Å². The molecule has 0 aliphatic carbocycles. The van der Waals surface area contributed by atoms with Crippen molar-refractivity contribution in [1.82, 2.24) is 15.1 Å². The maximum Gasteiger partial charge on any atom is 0.239 e. The average molecular weight is 283 g/mol. The zero-order chi connectivity index (χ0) is 14.4. The molecule has 0 radical (unpaired) electrons. The monoisotopic (exact) mass is 283 g/mol. The summed E-state index contributed by atoms with van der Waals surface area (Å²) in [5.41, 5.74) is 0. The molecule has 2 atom stereocenters. The lowest BCUT2D eigenvalue weighted by Crippen LogP contribution is -2.55. The summed E-state index contributed by atoms with van der Waals surface area (Å²) in [6.07, 6.45) is 3.63. The predicted octanol–water partition coefficient (Wildman–Crippen LogP) is 0.698. The minimum atomic E-state index is -0.0128. The van der Waals surface area contributed by atoms with Crippen LogP contribution in [0.15, 0.2) is 0 Å². The van der Waals surface area contributed by atoms with E-state index in [0.717, 1.165) is 65.1 Å². The summed E-state index contributed by atoms with van der Waals surface area (Å²) < 4.78 is 5.86. The van der Waals surface area contributed by atoms with Crippen molar-refractivity contribution in [1.29, 1.82) is 0 Å². The predicted molar refractivity (Wildman–Crippen MR) is 79.7 cm³/mol. The molecule has 2 rings (SSSR count). The number of carbonyl (C=O) groups is 1. The van der Waals surface area contributed by atoms with Gasteiger partial charge in [0.25, 0.3) is 0 Å². The van der Waals surface area contributed by atoms with Crippen molar-refractivity contribution >= 4 is 5.91 Å². The molecule has 5 nitrogen and oxygen atoms in total. The molecule has 116 valence electrons. The van der Waals surface area contributed by atoms with Gasteiger partial charge in [-0.15, -0.1) is 0 Å². The average Bonchev–Trinajstić information content (AvgIpc) is 2.52. The number of nitrogens with one attached hydrogen (secondary N) is 1. The van der Waals surface area contributed by atoms with Crippen molar-refractivity contribution in [2.45, 2.75) is 45.3 Å². The van der Waals surface area contributed by atoms with Gasteiger partial charge >= 0.3 is 0 Å². The topological polar surface area (TPSA) is 44.8 Å². The van der Waals surface area contributed by atoms with Crippen LogP contribution < -0.4 is 5.32 Å². The standard InChI is InChI=1S/C15H29N3O2/c1-3-11-20-14-5-4-8-18(12-14)13(2)15(19)17-9-6-16-7-10-17/h13-14,16H,3-12H2,1-2H3. The van der Waals surface area contributed by atoms with E-state index in [-0.39, 0.29) is 11.9 Å². The molecule has 0 aromatic rings. The highest BCUT2D eigenvalue weighted by molar-refractivity contribution is 5.81. The van der Waals surface area contributed by atoms with Gasteiger partial charge < -0.3 is 15.0 Å². The highest BCUT2D eigenvalue weighted by Gasteiger charge is 2.30. The van der Waals surface area contributed by atoms with Gasteiger partial charge in [0.1, 0.15) is 0 Å². The molecular weight excluding hydrogens is 254 g/mol. The molecule has 2 unspecified atom stereocenters. The van der Waals surface area contributed by atoms with E-state index in [1.54, 1.807) is 0 Å². The largest absolute Gasteiger partial charge is 0.377 e. The SMILES string of the molecule is CCCOC1CCCN(C(C)C(=O)N2CCNCC2)C1. The summed E-state index contributed by atoms with van der Waals surface area (Å²) in [6.45, 7) is 10.5. The van der Waals surface area contributed by atoms with Crippen LogP contribution in [0.4, 0.5) is 0 Å². The van der Waals surface area contributed by atoms with Crippen LogP contribution in [-0.4, -0.2) is 73.7 Å². The van der Waals surface area contributed by atoms with Gasteiger partial charge in [-0.3, -0.25) is 9.69 Å². The van der Waals surface area contributed by atoms with Crippen LogP contribution in [0.2, 0.25) is 0 Å². The van der Waals surface area contributed by atoms with Crippen molar-refractivity contribution in [3.63, 3.8) is 0 Å². The summed E-state index contributed by atoms with van der Waals surface area (Å²) in [6, 6.07) is -0.0128. The van der Waals surface area contributed by atoms with Gasteiger partial charge in [0, 0.05) is 39.3 Å². The molecule has 2 saturated heterocycles. The fourth-order valence-electron chi connectivity index (χ4n) is 3.04. The fraction of sp³-hybridized carbons (Fsp3) is 0.933. The normalized spacial score (nSPS) is 26.5. The maximum atomic E-state index is 12.5. The Labute approximate surface area is 122 Å². The van der Waals surface area contributed by atoms with Gasteiger partial charge in [-0.1, -0.05) is 6.92 Å². The summed E-state index contributed by atoms with van der Waals surface area (Å²) in [5.74, 6) is 0.280. The van der Waals surface area contributed by atoms with Crippen LogP contribution >= 0.6 is 0 Å². The van der Waals surface area contributed by atoms with Crippen LogP contribution in [0.1, 0.15) is 33.1 Å². The molecule has 20 heavy (non-hydrogen) atoms. The highest BCUT2D eigenvalue weighted by atomic mass is 16.5. The van der Waals surface area contributed by atoms with Gasteiger partial charge in [0.05, 0.1) is 12.1 Å². The molecule has 2 aliphatic rings. The third-order valence-corrected chi connectivity index (χ3v) is 4.30. The Morgan fingerprint density at radius 2 is 2.10 bits per heavy atom. The lowest BCUT2D eigenvalue weighted by Gasteiger charge is -2.38. The first-order chi connectivity index (χ1) is 9.72. The molecule has 2 heterocycles. The number of nitrogens with zero attached hydrogens (tertiary/aromatic N) is 2. The molecule has 0 bridgehead atoms. The molecule has 1 amide bonds. The zero-order valence-corrected chi connectivity index (χ0v) is 12.9. The van der Waals surface area contributed by atoms with Crippen molar-refractivity contribution in [2.24, 2.45) is 0 Å². The number of piperidine rings is 1. The number of carbonyl (C=O) groups excluding carboxylic acids is 1. The van der Waals surface area contributed by atoms with Gasteiger partial charge in [-0.05, 0) is 32.7 Å². The summed E-state index contributed by atoms with van der Waals surface area (Å²) in [7, 11) is 0. The number of amides is 1.